The average molecular weight is 760 g/mol. The molecule has 0 saturated heterocycles. The maximum atomic E-state index is 13.8. The smallest absolute Gasteiger partial charge is 0.326 e. The minimum Gasteiger partial charge on any atom is -0.508 e. The lowest BCUT2D eigenvalue weighted by atomic mass is 10.0. The van der Waals surface area contributed by atoms with Crippen LogP contribution in [-0.2, 0) is 48.0 Å². The lowest BCUT2D eigenvalue weighted by Gasteiger charge is -2.25. The molecule has 5 atom stereocenters. The lowest BCUT2D eigenvalue weighted by Crippen LogP contribution is -2.58. The molecule has 0 fully saturated rings. The molecule has 5 amide bonds. The summed E-state index contributed by atoms with van der Waals surface area (Å²) in [5.74, 6) is -5.08. The van der Waals surface area contributed by atoms with Gasteiger partial charge in [0.05, 0.1) is 12.6 Å². The highest BCUT2D eigenvalue weighted by atomic mass is 16.4. The number of hydrogen-bond donors (Lipinski definition) is 9. The van der Waals surface area contributed by atoms with Gasteiger partial charge in [-0.05, 0) is 54.1 Å². The van der Waals surface area contributed by atoms with Crippen molar-refractivity contribution in [2.75, 3.05) is 13.1 Å². The van der Waals surface area contributed by atoms with Gasteiger partial charge in [-0.2, -0.15) is 0 Å². The second kappa shape index (κ2) is 22.4. The number of phenols is 1. The van der Waals surface area contributed by atoms with Crippen molar-refractivity contribution < 1.29 is 39.0 Å². The molecule has 0 unspecified atom stereocenters. The SMILES string of the molecule is CC(C)[C@H](NC(=O)CNC(=O)[C@H](Cc1ccc(O)cc1)NC(=O)[C@H](Cc1ccccc1)NC(=O)[C@@H](N)CCCCN)C(=O)N[C@@H](Cc1ccccc1)C(=O)O. The Labute approximate surface area is 321 Å². The number of carboxylic acid groups (broad SMARTS) is 1. The van der Waals surface area contributed by atoms with Crippen LogP contribution in [0.15, 0.2) is 84.9 Å². The molecule has 15 heteroatoms. The summed E-state index contributed by atoms with van der Waals surface area (Å²) in [7, 11) is 0. The quantitative estimate of drug-likeness (QED) is 0.0648. The summed E-state index contributed by atoms with van der Waals surface area (Å²) < 4.78 is 0. The highest BCUT2D eigenvalue weighted by Crippen LogP contribution is 2.13. The summed E-state index contributed by atoms with van der Waals surface area (Å²) in [4.78, 5) is 78.8. The zero-order chi connectivity index (χ0) is 40.3. The van der Waals surface area contributed by atoms with Gasteiger partial charge in [-0.25, -0.2) is 4.79 Å². The Morgan fingerprint density at radius 3 is 1.64 bits per heavy atom. The van der Waals surface area contributed by atoms with E-state index in [0.717, 1.165) is 5.56 Å². The number of carbonyl (C=O) groups excluding carboxylic acids is 5. The van der Waals surface area contributed by atoms with Gasteiger partial charge in [0.15, 0.2) is 0 Å². The van der Waals surface area contributed by atoms with E-state index in [-0.39, 0.29) is 25.0 Å². The van der Waals surface area contributed by atoms with Crippen LogP contribution in [0.4, 0.5) is 0 Å². The number of benzene rings is 3. The van der Waals surface area contributed by atoms with E-state index < -0.39 is 78.2 Å². The van der Waals surface area contributed by atoms with E-state index in [0.29, 0.717) is 36.9 Å². The van der Waals surface area contributed by atoms with Gasteiger partial charge < -0.3 is 48.3 Å². The summed E-state index contributed by atoms with van der Waals surface area (Å²) in [6.07, 6.45) is 1.76. The zero-order valence-corrected chi connectivity index (χ0v) is 31.2. The van der Waals surface area contributed by atoms with Gasteiger partial charge in [0.1, 0.15) is 29.9 Å². The number of amides is 5. The van der Waals surface area contributed by atoms with Crippen LogP contribution in [0, 0.1) is 5.92 Å². The number of carboxylic acids is 1. The van der Waals surface area contributed by atoms with Crippen LogP contribution in [0.3, 0.4) is 0 Å². The van der Waals surface area contributed by atoms with Crippen LogP contribution in [0.25, 0.3) is 0 Å². The molecule has 55 heavy (non-hydrogen) atoms. The summed E-state index contributed by atoms with van der Waals surface area (Å²) in [5.41, 5.74) is 13.7. The number of aliphatic carboxylic acids is 1. The average Bonchev–Trinajstić information content (AvgIpc) is 3.16. The Bertz CT molecular complexity index is 1710. The highest BCUT2D eigenvalue weighted by Gasteiger charge is 2.31. The van der Waals surface area contributed by atoms with Crippen molar-refractivity contribution in [1.29, 1.82) is 0 Å². The van der Waals surface area contributed by atoms with Gasteiger partial charge in [-0.15, -0.1) is 0 Å². The van der Waals surface area contributed by atoms with Gasteiger partial charge in [-0.1, -0.05) is 93.1 Å². The Hall–Kier alpha value is -5.80. The number of unbranched alkanes of at least 4 members (excludes halogenated alkanes) is 1. The maximum absolute atomic E-state index is 13.8. The number of nitrogens with two attached hydrogens (primary N) is 2. The maximum Gasteiger partial charge on any atom is 0.326 e. The van der Waals surface area contributed by atoms with Crippen LogP contribution in [-0.4, -0.2) is 89.0 Å². The van der Waals surface area contributed by atoms with Crippen LogP contribution in [0.5, 0.6) is 5.75 Å². The Morgan fingerprint density at radius 1 is 0.618 bits per heavy atom. The Morgan fingerprint density at radius 2 is 1.11 bits per heavy atom. The van der Waals surface area contributed by atoms with E-state index in [2.05, 4.69) is 26.6 Å². The van der Waals surface area contributed by atoms with Crippen molar-refractivity contribution in [2.24, 2.45) is 17.4 Å². The van der Waals surface area contributed by atoms with E-state index in [9.17, 15) is 39.0 Å². The van der Waals surface area contributed by atoms with Crippen LogP contribution in [0.1, 0.15) is 49.8 Å². The molecule has 0 saturated carbocycles. The standard InChI is InChI=1S/C40H53N7O8/c1-25(2)35(39(53)46-33(40(54)55)23-27-13-7-4-8-14-27)47-34(49)24-43-37(51)31(22-28-16-18-29(48)19-17-28)45-38(52)32(21-26-11-5-3-6-12-26)44-36(50)30(42)15-9-10-20-41/h3-8,11-14,16-19,25,30-33,35,48H,9-10,15,20-24,41-42H2,1-2H3,(H,43,51)(H,44,50)(H,45,52)(H,46,53)(H,47,49)(H,54,55)/t30-,31-,32-,33-,35-/m0/s1. The second-order valence-electron chi connectivity index (χ2n) is 13.7. The molecule has 0 aliphatic heterocycles. The Balaban J connectivity index is 1.73. The first-order chi connectivity index (χ1) is 26.3. The first-order valence-electron chi connectivity index (χ1n) is 18.3. The van der Waals surface area contributed by atoms with Crippen LogP contribution >= 0.6 is 0 Å². The summed E-state index contributed by atoms with van der Waals surface area (Å²) >= 11 is 0. The summed E-state index contributed by atoms with van der Waals surface area (Å²) in [6, 6.07) is 18.2. The monoisotopic (exact) mass is 759 g/mol. The molecular formula is C40H53N7O8. The van der Waals surface area contributed by atoms with Gasteiger partial charge in [0.2, 0.25) is 29.5 Å². The van der Waals surface area contributed by atoms with Crippen molar-refractivity contribution in [3.63, 3.8) is 0 Å². The number of carbonyl (C=O) groups is 6. The van der Waals surface area contributed by atoms with Crippen molar-refractivity contribution in [1.82, 2.24) is 26.6 Å². The molecule has 296 valence electrons. The van der Waals surface area contributed by atoms with E-state index in [4.69, 9.17) is 11.5 Å². The summed E-state index contributed by atoms with van der Waals surface area (Å²) in [6.45, 7) is 3.23. The topological polar surface area (TPSA) is 255 Å². The third-order valence-corrected chi connectivity index (χ3v) is 8.82. The van der Waals surface area contributed by atoms with Gasteiger partial charge >= 0.3 is 5.97 Å². The van der Waals surface area contributed by atoms with Gasteiger partial charge in [0, 0.05) is 19.3 Å². The molecular weight excluding hydrogens is 706 g/mol. The fourth-order valence-electron chi connectivity index (χ4n) is 5.69. The Kier molecular flexibility index (Phi) is 17.8. The predicted octanol–water partition coefficient (Wildman–Crippen LogP) is 0.672. The minimum absolute atomic E-state index is 0.00242. The van der Waals surface area contributed by atoms with E-state index >= 15 is 0 Å². The highest BCUT2D eigenvalue weighted by molar-refractivity contribution is 5.95. The molecule has 0 spiro atoms. The number of rotatable bonds is 22. The molecule has 0 radical (unpaired) electrons. The molecule has 0 aliphatic carbocycles. The molecule has 0 bridgehead atoms. The number of hydrogen-bond acceptors (Lipinski definition) is 9. The van der Waals surface area contributed by atoms with Crippen LogP contribution < -0.4 is 38.1 Å². The molecule has 15 nitrogen and oxygen atoms in total. The normalized spacial score (nSPS) is 13.7. The molecule has 3 aromatic carbocycles. The predicted molar refractivity (Wildman–Crippen MR) is 206 cm³/mol. The van der Waals surface area contributed by atoms with Crippen LogP contribution in [0.2, 0.25) is 0 Å². The van der Waals surface area contributed by atoms with Gasteiger partial charge in [-0.3, -0.25) is 24.0 Å². The van der Waals surface area contributed by atoms with Gasteiger partial charge in [0.25, 0.3) is 0 Å². The molecule has 11 N–H and O–H groups in total. The fourth-order valence-corrected chi connectivity index (χ4v) is 5.69. The lowest BCUT2D eigenvalue weighted by molar-refractivity contribution is -0.142. The fraction of sp³-hybridized carbons (Fsp3) is 0.400. The van der Waals surface area contributed by atoms with Crippen molar-refractivity contribution >= 4 is 35.5 Å². The van der Waals surface area contributed by atoms with E-state index in [1.165, 1.54) is 12.1 Å². The number of aromatic hydroxyl groups is 1. The molecule has 0 heterocycles. The number of phenolic OH excluding ortho intramolecular Hbond substituents is 1. The zero-order valence-electron chi connectivity index (χ0n) is 31.2. The van der Waals surface area contributed by atoms with Crippen molar-refractivity contribution in [2.45, 2.75) is 82.6 Å². The molecule has 3 rings (SSSR count). The minimum atomic E-state index is -1.25. The third-order valence-electron chi connectivity index (χ3n) is 8.82. The first kappa shape index (κ1) is 43.6. The first-order valence-corrected chi connectivity index (χ1v) is 18.3. The molecule has 0 aliphatic rings. The third kappa shape index (κ3) is 15.2. The number of nitrogens with one attached hydrogen (secondary N) is 5. The largest absolute Gasteiger partial charge is 0.508 e. The van der Waals surface area contributed by atoms with Crippen molar-refractivity contribution in [3.8, 4) is 5.75 Å². The molecule has 3 aromatic rings. The van der Waals surface area contributed by atoms with E-state index in [1.807, 2.05) is 6.07 Å². The summed E-state index contributed by atoms with van der Waals surface area (Å²) in [5, 5.41) is 32.6. The molecule has 0 aromatic heterocycles. The van der Waals surface area contributed by atoms with Crippen molar-refractivity contribution in [3.05, 3.63) is 102 Å². The van der Waals surface area contributed by atoms with E-state index in [1.54, 1.807) is 80.6 Å². The second-order valence-corrected chi connectivity index (χ2v) is 13.7.